The maximum Gasteiger partial charge on any atom is 0.0722 e. The number of rotatable bonds is 40. The molecular weight excluding hydrogens is 1210 g/mol. The Bertz CT molecular complexity index is 3980. The van der Waals surface area contributed by atoms with Crippen molar-refractivity contribution in [1.29, 1.82) is 0 Å². The van der Waals surface area contributed by atoms with Crippen LogP contribution in [-0.2, 0) is 43.1 Å². The number of benzene rings is 7. The molecule has 1 nitrogen and oxygen atoms in total. The first-order valence-corrected chi connectivity index (χ1v) is 41.2. The van der Waals surface area contributed by atoms with Crippen molar-refractivity contribution in [3.05, 3.63) is 235 Å². The molecule has 0 radical (unpaired) electrons. The number of fused-ring (bicyclic) bond motifs is 9. The molecule has 0 N–H and O–H groups in total. The molecule has 0 atom stereocenters. The van der Waals surface area contributed by atoms with Crippen molar-refractivity contribution in [2.24, 2.45) is 0 Å². The molecule has 0 fully saturated rings. The van der Waals surface area contributed by atoms with Crippen molar-refractivity contribution in [1.82, 2.24) is 4.57 Å². The molecule has 0 spiro atoms. The summed E-state index contributed by atoms with van der Waals surface area (Å²) in [6, 6.07) is 66.1. The summed E-state index contributed by atoms with van der Waals surface area (Å²) in [4.78, 5) is 5.61. The highest BCUT2D eigenvalue weighted by Gasteiger charge is 2.53. The Morgan fingerprint density at radius 3 is 1.04 bits per heavy atom. The number of nitrogens with zero attached hydrogens (tertiary/aromatic N) is 1. The van der Waals surface area contributed by atoms with Crippen LogP contribution < -0.4 is 0 Å². The van der Waals surface area contributed by atoms with Gasteiger partial charge in [0.25, 0.3) is 0 Å². The van der Waals surface area contributed by atoms with Crippen molar-refractivity contribution in [3.63, 3.8) is 0 Å². The van der Waals surface area contributed by atoms with Crippen LogP contribution in [0.15, 0.2) is 158 Å². The third-order valence-electron chi connectivity index (χ3n) is 22.7. The number of aromatic nitrogens is 1. The summed E-state index contributed by atoms with van der Waals surface area (Å²) in [6.07, 6.45) is 43.9. The Labute approximate surface area is 595 Å². The molecule has 0 saturated carbocycles. The van der Waals surface area contributed by atoms with E-state index in [1.54, 1.807) is 0 Å². The van der Waals surface area contributed by atoms with Gasteiger partial charge in [0.2, 0.25) is 0 Å². The Kier molecular flexibility index (Phi) is 24.9. The maximum absolute atomic E-state index is 2.77. The summed E-state index contributed by atoms with van der Waals surface area (Å²) in [5, 5.41) is 2.75. The third kappa shape index (κ3) is 15.4. The molecule has 2 aliphatic rings. The lowest BCUT2D eigenvalue weighted by molar-refractivity contribution is 0.571. The van der Waals surface area contributed by atoms with E-state index < -0.39 is 10.8 Å². The van der Waals surface area contributed by atoms with Gasteiger partial charge in [0.15, 0.2) is 0 Å². The first kappa shape index (κ1) is 70.6. The largest absolute Gasteiger partial charge is 0.340 e. The minimum absolute atomic E-state index is 0.503. The van der Waals surface area contributed by atoms with Crippen molar-refractivity contribution in [2.75, 3.05) is 0 Å². The van der Waals surface area contributed by atoms with Gasteiger partial charge in [-0.15, -0.1) is 22.7 Å². The van der Waals surface area contributed by atoms with Gasteiger partial charge in [-0.3, -0.25) is 0 Å². The molecule has 0 bridgehead atoms. The van der Waals surface area contributed by atoms with Gasteiger partial charge in [0, 0.05) is 47.9 Å². The molecule has 12 rings (SSSR count). The van der Waals surface area contributed by atoms with E-state index in [4.69, 9.17) is 0 Å². The van der Waals surface area contributed by atoms with Crippen molar-refractivity contribution >= 4 is 44.5 Å². The summed E-state index contributed by atoms with van der Waals surface area (Å²) in [5.41, 5.74) is 24.3. The predicted octanol–water partition coefficient (Wildman–Crippen LogP) is 28.9. The number of aryl methyl sites for hydroxylation is 7. The second kappa shape index (κ2) is 34.2. The van der Waals surface area contributed by atoms with Crippen LogP contribution in [0.4, 0.5) is 0 Å². The summed E-state index contributed by atoms with van der Waals surface area (Å²) < 4.78 is 2.69. The predicted molar refractivity (Wildman–Crippen MR) is 426 cm³/mol. The van der Waals surface area contributed by atoms with Gasteiger partial charge in [0.05, 0.1) is 10.8 Å². The van der Waals surface area contributed by atoms with E-state index in [-0.39, 0.29) is 0 Å². The van der Waals surface area contributed by atoms with Gasteiger partial charge < -0.3 is 4.57 Å². The van der Waals surface area contributed by atoms with E-state index in [0.717, 1.165) is 32.2 Å². The molecule has 7 aromatic carbocycles. The molecule has 3 heteroatoms. The standard InChI is InChI=1S/C94H117NS2/c1-8-13-18-23-28-33-38-71-43-52-76(53-44-71)93(77-54-45-72(46-55-77)39-34-29-24-19-14-9-2)84-67-83-85(66-82(84)91-86(93)64-70(7)96-91)94(78-56-47-73(48-57-78)40-35-30-25-20-15-10-3,79-58-49-74(50-59-79)41-36-31-26-21-16-11-4)87-68-90(97-92(83)87)75-51-61-81-80-60-42-69(6)63-88(80)95(89(81)65-75)62-37-32-27-22-17-12-5/h42-61,63-68H,8-41,62H2,1-7H3. The molecule has 3 heterocycles. The van der Waals surface area contributed by atoms with Crippen molar-refractivity contribution < 1.29 is 0 Å². The molecule has 0 aliphatic heterocycles. The molecule has 0 saturated heterocycles. The average Bonchev–Trinajstić information content (AvgIpc) is 1.51. The quantitative estimate of drug-likeness (QED) is 0.0337. The van der Waals surface area contributed by atoms with Gasteiger partial charge in [-0.05, 0) is 197 Å². The second-order valence-electron chi connectivity index (χ2n) is 29.9. The Balaban J connectivity index is 1.05. The van der Waals surface area contributed by atoms with Gasteiger partial charge >= 0.3 is 0 Å². The highest BCUT2D eigenvalue weighted by Crippen LogP contribution is 2.65. The van der Waals surface area contributed by atoms with Crippen LogP contribution in [0.3, 0.4) is 0 Å². The lowest BCUT2D eigenvalue weighted by Gasteiger charge is -2.35. The second-order valence-corrected chi connectivity index (χ2v) is 32.2. The van der Waals surface area contributed by atoms with Crippen LogP contribution in [0.5, 0.6) is 0 Å². The molecule has 10 aromatic rings. The lowest BCUT2D eigenvalue weighted by atomic mass is 9.65. The number of thiophene rings is 2. The summed E-state index contributed by atoms with van der Waals surface area (Å²) in [6.45, 7) is 17.3. The zero-order valence-electron chi connectivity index (χ0n) is 61.0. The fourth-order valence-corrected chi connectivity index (χ4v) is 19.6. The number of unbranched alkanes of at least 4 members (excludes halogenated alkanes) is 25. The van der Waals surface area contributed by atoms with E-state index in [1.807, 2.05) is 11.3 Å². The lowest BCUT2D eigenvalue weighted by Crippen LogP contribution is -2.30. The van der Waals surface area contributed by atoms with E-state index in [9.17, 15) is 0 Å². The molecule has 3 aromatic heterocycles. The summed E-state index contributed by atoms with van der Waals surface area (Å²) in [7, 11) is 0. The Morgan fingerprint density at radius 2 is 0.639 bits per heavy atom. The van der Waals surface area contributed by atoms with E-state index in [2.05, 4.69) is 222 Å². The van der Waals surface area contributed by atoms with E-state index in [0.29, 0.717) is 0 Å². The van der Waals surface area contributed by atoms with E-state index in [1.165, 1.54) is 323 Å². The molecular formula is C94H117NS2. The third-order valence-corrected chi connectivity index (χ3v) is 25.0. The van der Waals surface area contributed by atoms with Crippen LogP contribution in [0.2, 0.25) is 0 Å². The maximum atomic E-state index is 2.77. The monoisotopic (exact) mass is 1320 g/mol. The minimum Gasteiger partial charge on any atom is -0.340 e. The molecule has 2 aliphatic carbocycles. The first-order valence-electron chi connectivity index (χ1n) is 39.6. The van der Waals surface area contributed by atoms with Gasteiger partial charge in [-0.2, -0.15) is 0 Å². The number of hydrogen-bond acceptors (Lipinski definition) is 2. The zero-order chi connectivity index (χ0) is 67.0. The topological polar surface area (TPSA) is 4.93 Å². The highest BCUT2D eigenvalue weighted by atomic mass is 32.1. The fourth-order valence-electron chi connectivity index (χ4n) is 17.2. The summed E-state index contributed by atoms with van der Waals surface area (Å²) >= 11 is 4.08. The smallest absolute Gasteiger partial charge is 0.0722 e. The fraction of sp³-hybridized carbons (Fsp3) is 0.468. The SMILES string of the molecule is CCCCCCCCc1ccc(C2(c3ccc(CCCCCCCC)cc3)c3cc4c(cc3-c3sc(C)cc32)C(c2ccc(CCCCCCCC)cc2)(c2ccc(CCCCCCCC)cc2)c2cc(-c3ccc5c6ccc(C)cc6n(CCCCCCCC)c5c3)sc2-4)cc1. The zero-order valence-corrected chi connectivity index (χ0v) is 62.7. The Morgan fingerprint density at radius 1 is 0.299 bits per heavy atom. The van der Waals surface area contributed by atoms with Gasteiger partial charge in [-0.25, -0.2) is 0 Å². The highest BCUT2D eigenvalue weighted by molar-refractivity contribution is 7.19. The van der Waals surface area contributed by atoms with Crippen LogP contribution in [0.1, 0.15) is 304 Å². The Hall–Kier alpha value is -6.26. The summed E-state index contributed by atoms with van der Waals surface area (Å²) in [5.74, 6) is 0. The van der Waals surface area contributed by atoms with Crippen LogP contribution in [-0.4, -0.2) is 4.57 Å². The molecule has 0 unspecified atom stereocenters. The van der Waals surface area contributed by atoms with Crippen molar-refractivity contribution in [3.8, 4) is 31.3 Å². The van der Waals surface area contributed by atoms with Crippen LogP contribution in [0, 0.1) is 13.8 Å². The normalized spacial score (nSPS) is 13.5. The van der Waals surface area contributed by atoms with E-state index >= 15 is 0 Å². The molecule has 510 valence electrons. The van der Waals surface area contributed by atoms with Gasteiger partial charge in [-0.1, -0.05) is 316 Å². The average molecular weight is 1330 g/mol. The molecule has 0 amide bonds. The minimum atomic E-state index is -0.561. The molecule has 97 heavy (non-hydrogen) atoms. The number of hydrogen-bond donors (Lipinski definition) is 0. The van der Waals surface area contributed by atoms with Crippen molar-refractivity contribution in [2.45, 2.75) is 284 Å². The van der Waals surface area contributed by atoms with Crippen LogP contribution in [0.25, 0.3) is 53.1 Å². The van der Waals surface area contributed by atoms with Gasteiger partial charge in [0.1, 0.15) is 0 Å². The first-order chi connectivity index (χ1) is 47.7. The van der Waals surface area contributed by atoms with Crippen LogP contribution >= 0.6 is 22.7 Å².